The number of anilines is 1. The third kappa shape index (κ3) is 3.11. The number of pyridine rings is 1. The lowest BCUT2D eigenvalue weighted by Gasteiger charge is -2.08. The summed E-state index contributed by atoms with van der Waals surface area (Å²) < 4.78 is 6.94. The van der Waals surface area contributed by atoms with Crippen LogP contribution in [0.1, 0.15) is 21.0 Å². The molecule has 0 saturated heterocycles. The van der Waals surface area contributed by atoms with Crippen LogP contribution >= 0.6 is 11.6 Å². The minimum absolute atomic E-state index is 0.0480. The Bertz CT molecular complexity index is 1150. The van der Waals surface area contributed by atoms with Crippen LogP contribution in [0.4, 0.5) is 5.69 Å². The molecule has 4 aromatic rings. The van der Waals surface area contributed by atoms with Gasteiger partial charge in [-0.25, -0.2) is 15.0 Å². The van der Waals surface area contributed by atoms with Crippen LogP contribution in [-0.2, 0) is 0 Å². The highest BCUT2D eigenvalue weighted by molar-refractivity contribution is 6.29. The van der Waals surface area contributed by atoms with Crippen LogP contribution in [-0.4, -0.2) is 31.2 Å². The van der Waals surface area contributed by atoms with Crippen LogP contribution in [0.2, 0.25) is 5.15 Å². The molecule has 0 spiro atoms. The Morgan fingerprint density at radius 2 is 2.07 bits per heavy atom. The Labute approximate surface area is 156 Å². The van der Waals surface area contributed by atoms with Crippen LogP contribution in [0.5, 0.6) is 0 Å². The molecule has 0 atom stereocenters. The van der Waals surface area contributed by atoms with E-state index in [9.17, 15) is 9.59 Å². The summed E-state index contributed by atoms with van der Waals surface area (Å²) in [5.41, 5.74) is 6.43. The van der Waals surface area contributed by atoms with Gasteiger partial charge in [0.1, 0.15) is 17.2 Å². The molecule has 134 valence electrons. The molecule has 10 heteroatoms. The van der Waals surface area contributed by atoms with Gasteiger partial charge in [0, 0.05) is 0 Å². The molecule has 4 aromatic heterocycles. The summed E-state index contributed by atoms with van der Waals surface area (Å²) in [7, 11) is 0. The second-order valence-electron chi connectivity index (χ2n) is 5.48. The normalized spacial score (nSPS) is 10.9. The summed E-state index contributed by atoms with van der Waals surface area (Å²) in [5.74, 6) is -0.793. The number of aromatic nitrogens is 4. The molecule has 4 rings (SSSR count). The number of rotatable bonds is 4. The van der Waals surface area contributed by atoms with Crippen molar-refractivity contribution in [2.24, 2.45) is 5.73 Å². The van der Waals surface area contributed by atoms with Gasteiger partial charge in [0.2, 0.25) is 0 Å². The van der Waals surface area contributed by atoms with E-state index in [2.05, 4.69) is 20.3 Å². The Hall–Kier alpha value is -3.72. The molecule has 27 heavy (non-hydrogen) atoms. The largest absolute Gasteiger partial charge is 0.463 e. The average molecular weight is 383 g/mol. The van der Waals surface area contributed by atoms with Crippen molar-refractivity contribution in [3.05, 3.63) is 65.7 Å². The zero-order valence-corrected chi connectivity index (χ0v) is 14.3. The first-order chi connectivity index (χ1) is 13.0. The van der Waals surface area contributed by atoms with E-state index in [0.29, 0.717) is 22.3 Å². The predicted octanol–water partition coefficient (Wildman–Crippen LogP) is 2.39. The highest BCUT2D eigenvalue weighted by atomic mass is 35.5. The van der Waals surface area contributed by atoms with Crippen LogP contribution < -0.4 is 11.1 Å². The highest BCUT2D eigenvalue weighted by Gasteiger charge is 2.20. The van der Waals surface area contributed by atoms with Gasteiger partial charge in [-0.2, -0.15) is 0 Å². The lowest BCUT2D eigenvalue weighted by Crippen LogP contribution is -2.17. The van der Waals surface area contributed by atoms with E-state index in [1.165, 1.54) is 29.3 Å². The number of fused-ring (bicyclic) bond motifs is 1. The maximum absolute atomic E-state index is 12.7. The van der Waals surface area contributed by atoms with E-state index >= 15 is 0 Å². The van der Waals surface area contributed by atoms with Gasteiger partial charge in [0.15, 0.2) is 17.1 Å². The number of halogens is 1. The summed E-state index contributed by atoms with van der Waals surface area (Å²) in [4.78, 5) is 36.4. The van der Waals surface area contributed by atoms with Crippen LogP contribution in [0, 0.1) is 0 Å². The maximum atomic E-state index is 12.7. The molecule has 2 amide bonds. The number of nitrogens with one attached hydrogen (secondary N) is 1. The van der Waals surface area contributed by atoms with Crippen molar-refractivity contribution in [2.75, 3.05) is 5.32 Å². The molecule has 3 N–H and O–H groups in total. The molecule has 0 unspecified atom stereocenters. The van der Waals surface area contributed by atoms with Crippen molar-refractivity contribution in [1.82, 2.24) is 19.4 Å². The smallest absolute Gasteiger partial charge is 0.274 e. The Morgan fingerprint density at radius 3 is 2.74 bits per heavy atom. The molecule has 0 radical (unpaired) electrons. The quantitative estimate of drug-likeness (QED) is 0.521. The fraction of sp³-hybridized carbons (Fsp3) is 0. The first-order valence-electron chi connectivity index (χ1n) is 7.67. The van der Waals surface area contributed by atoms with E-state index in [0.717, 1.165) is 0 Å². The van der Waals surface area contributed by atoms with Crippen LogP contribution in [0.15, 0.2) is 53.5 Å². The topological polar surface area (TPSA) is 128 Å². The molecule has 0 aliphatic carbocycles. The van der Waals surface area contributed by atoms with Gasteiger partial charge in [-0.1, -0.05) is 11.6 Å². The SMILES string of the molecule is NC(=O)c1ncn2c(-c3ccco3)cc(C(=O)Nc3ccc(Cl)nc3)nc12. The van der Waals surface area contributed by atoms with Gasteiger partial charge in [0.05, 0.1) is 23.8 Å². The van der Waals surface area contributed by atoms with Crippen molar-refractivity contribution >= 4 is 34.7 Å². The number of hydrogen-bond acceptors (Lipinski definition) is 6. The lowest BCUT2D eigenvalue weighted by molar-refractivity contribution is 0.0993. The number of carbonyl (C=O) groups is 2. The van der Waals surface area contributed by atoms with Gasteiger partial charge in [-0.05, 0) is 30.3 Å². The van der Waals surface area contributed by atoms with Gasteiger partial charge in [-0.15, -0.1) is 0 Å². The number of nitrogens with two attached hydrogens (primary N) is 1. The first-order valence-corrected chi connectivity index (χ1v) is 8.05. The van der Waals surface area contributed by atoms with Gasteiger partial charge >= 0.3 is 0 Å². The molecule has 0 saturated carbocycles. The van der Waals surface area contributed by atoms with E-state index in [4.69, 9.17) is 21.8 Å². The minimum atomic E-state index is -0.755. The molecule has 0 fully saturated rings. The summed E-state index contributed by atoms with van der Waals surface area (Å²) in [6.07, 6.45) is 4.30. The van der Waals surface area contributed by atoms with Gasteiger partial charge in [0.25, 0.3) is 11.8 Å². The number of primary amides is 1. The Morgan fingerprint density at radius 1 is 1.22 bits per heavy atom. The fourth-order valence-corrected chi connectivity index (χ4v) is 2.63. The number of amides is 2. The summed E-state index contributed by atoms with van der Waals surface area (Å²) in [6.45, 7) is 0. The second-order valence-corrected chi connectivity index (χ2v) is 5.87. The van der Waals surface area contributed by atoms with Crippen LogP contribution in [0.3, 0.4) is 0 Å². The van der Waals surface area contributed by atoms with Crippen molar-refractivity contribution in [2.45, 2.75) is 0 Å². The number of imidazole rings is 1. The maximum Gasteiger partial charge on any atom is 0.274 e. The van der Waals surface area contributed by atoms with E-state index in [1.54, 1.807) is 24.3 Å². The lowest BCUT2D eigenvalue weighted by atomic mass is 10.2. The molecular formula is C17H11ClN6O3. The molecule has 9 nitrogen and oxygen atoms in total. The molecular weight excluding hydrogens is 372 g/mol. The highest BCUT2D eigenvalue weighted by Crippen LogP contribution is 2.23. The average Bonchev–Trinajstić information content (AvgIpc) is 3.32. The molecule has 0 aromatic carbocycles. The Balaban J connectivity index is 1.82. The van der Waals surface area contributed by atoms with Gasteiger partial charge in [-0.3, -0.25) is 14.0 Å². The van der Waals surface area contributed by atoms with E-state index < -0.39 is 11.8 Å². The summed E-state index contributed by atoms with van der Waals surface area (Å²) in [6, 6.07) is 8.09. The van der Waals surface area contributed by atoms with Crippen molar-refractivity contribution < 1.29 is 14.0 Å². The van der Waals surface area contributed by atoms with Crippen molar-refractivity contribution in [1.29, 1.82) is 0 Å². The number of furan rings is 1. The van der Waals surface area contributed by atoms with Gasteiger partial charge < -0.3 is 15.5 Å². The number of carbonyl (C=O) groups excluding carboxylic acids is 2. The summed E-state index contributed by atoms with van der Waals surface area (Å²) in [5, 5.41) is 2.97. The second kappa shape index (κ2) is 6.54. The Kier molecular flexibility index (Phi) is 4.05. The number of nitrogens with zero attached hydrogens (tertiary/aromatic N) is 4. The van der Waals surface area contributed by atoms with Crippen molar-refractivity contribution in [3.8, 4) is 11.5 Å². The fourth-order valence-electron chi connectivity index (χ4n) is 2.52. The van der Waals surface area contributed by atoms with E-state index in [1.807, 2.05) is 0 Å². The number of hydrogen-bond donors (Lipinski definition) is 2. The standard InChI is InChI=1S/C17H11ClN6O3/c18-13-4-3-9(7-20-13)22-17(26)10-6-11(12-2-1-5-27-12)24-8-21-14(15(19)25)16(24)23-10/h1-8H,(H2,19,25)(H,22,26). The monoisotopic (exact) mass is 382 g/mol. The first kappa shape index (κ1) is 16.7. The molecule has 0 aliphatic rings. The predicted molar refractivity (Wildman–Crippen MR) is 96.4 cm³/mol. The van der Waals surface area contributed by atoms with E-state index in [-0.39, 0.29) is 17.0 Å². The minimum Gasteiger partial charge on any atom is -0.463 e. The third-order valence-electron chi connectivity index (χ3n) is 3.73. The third-order valence-corrected chi connectivity index (χ3v) is 3.95. The van der Waals surface area contributed by atoms with Crippen molar-refractivity contribution in [3.63, 3.8) is 0 Å². The summed E-state index contributed by atoms with van der Waals surface area (Å²) >= 11 is 5.74. The molecule has 0 bridgehead atoms. The zero-order valence-electron chi connectivity index (χ0n) is 13.6. The van der Waals surface area contributed by atoms with Crippen LogP contribution in [0.25, 0.3) is 17.1 Å². The molecule has 4 heterocycles. The zero-order chi connectivity index (χ0) is 19.0. The molecule has 0 aliphatic heterocycles.